The van der Waals surface area contributed by atoms with Crippen LogP contribution in [0.4, 0.5) is 0 Å². The monoisotopic (exact) mass is 198 g/mol. The van der Waals surface area contributed by atoms with Gasteiger partial charge in [-0.2, -0.15) is 0 Å². The van der Waals surface area contributed by atoms with Crippen molar-refractivity contribution in [3.05, 3.63) is 53.1 Å². The molecule has 0 saturated carbocycles. The van der Waals surface area contributed by atoms with Crippen molar-refractivity contribution in [3.63, 3.8) is 0 Å². The van der Waals surface area contributed by atoms with Gasteiger partial charge in [0, 0.05) is 0 Å². The Morgan fingerprint density at radius 3 is 2.27 bits per heavy atom. The maximum absolute atomic E-state index is 2.26. The first-order chi connectivity index (χ1) is 7.29. The summed E-state index contributed by atoms with van der Waals surface area (Å²) in [6, 6.07) is 8.97. The molecule has 0 bridgehead atoms. The Hall–Kier alpha value is -1.30. The number of rotatable bonds is 2. The molecular formula is C15H18. The Kier molecular flexibility index (Phi) is 3.05. The van der Waals surface area contributed by atoms with E-state index in [4.69, 9.17) is 0 Å². The maximum atomic E-state index is 2.26. The van der Waals surface area contributed by atoms with Crippen LogP contribution in [0.3, 0.4) is 0 Å². The molecule has 0 amide bonds. The highest BCUT2D eigenvalue weighted by molar-refractivity contribution is 5.68. The number of hydrogen-bond donors (Lipinski definition) is 0. The fourth-order valence-corrected chi connectivity index (χ4v) is 1.94. The molecule has 0 saturated heterocycles. The minimum absolute atomic E-state index is 1.12. The predicted molar refractivity (Wildman–Crippen MR) is 66.8 cm³/mol. The zero-order chi connectivity index (χ0) is 10.7. The first-order valence-electron chi connectivity index (χ1n) is 5.75. The van der Waals surface area contributed by atoms with E-state index >= 15 is 0 Å². The number of benzene rings is 1. The van der Waals surface area contributed by atoms with E-state index in [9.17, 15) is 0 Å². The van der Waals surface area contributed by atoms with Crippen LogP contribution in [-0.2, 0) is 6.42 Å². The summed E-state index contributed by atoms with van der Waals surface area (Å²) in [5, 5.41) is 0. The van der Waals surface area contributed by atoms with Crippen LogP contribution in [0.25, 0.3) is 5.57 Å². The van der Waals surface area contributed by atoms with Crippen molar-refractivity contribution in [1.82, 2.24) is 0 Å². The van der Waals surface area contributed by atoms with Gasteiger partial charge in [0.1, 0.15) is 0 Å². The van der Waals surface area contributed by atoms with Crippen LogP contribution < -0.4 is 0 Å². The summed E-state index contributed by atoms with van der Waals surface area (Å²) in [6.45, 7) is 4.40. The number of hydrogen-bond acceptors (Lipinski definition) is 0. The van der Waals surface area contributed by atoms with Gasteiger partial charge in [-0.15, -0.1) is 0 Å². The second-order valence-electron chi connectivity index (χ2n) is 4.26. The Balaban J connectivity index is 2.23. The summed E-state index contributed by atoms with van der Waals surface area (Å²) in [4.78, 5) is 0. The van der Waals surface area contributed by atoms with Crippen molar-refractivity contribution in [2.45, 2.75) is 33.1 Å². The Morgan fingerprint density at radius 2 is 1.73 bits per heavy atom. The molecule has 15 heavy (non-hydrogen) atoms. The molecular weight excluding hydrogens is 180 g/mol. The lowest BCUT2D eigenvalue weighted by Gasteiger charge is -2.12. The van der Waals surface area contributed by atoms with Crippen molar-refractivity contribution >= 4 is 5.57 Å². The van der Waals surface area contributed by atoms with Gasteiger partial charge >= 0.3 is 0 Å². The molecule has 78 valence electrons. The summed E-state index contributed by atoms with van der Waals surface area (Å²) in [6.07, 6.45) is 8.03. The van der Waals surface area contributed by atoms with E-state index in [-0.39, 0.29) is 0 Å². The van der Waals surface area contributed by atoms with Crippen LogP contribution in [0.2, 0.25) is 0 Å². The molecule has 0 heteroatoms. The third-order valence-electron chi connectivity index (χ3n) is 3.09. The van der Waals surface area contributed by atoms with E-state index in [1.807, 2.05) is 0 Å². The molecule has 0 heterocycles. The maximum Gasteiger partial charge on any atom is -0.0224 e. The molecule has 0 radical (unpaired) electrons. The lowest BCUT2D eigenvalue weighted by Crippen LogP contribution is -1.91. The van der Waals surface area contributed by atoms with Crippen molar-refractivity contribution in [2.24, 2.45) is 0 Å². The first-order valence-corrected chi connectivity index (χ1v) is 5.75. The van der Waals surface area contributed by atoms with E-state index in [1.54, 1.807) is 0 Å². The van der Waals surface area contributed by atoms with E-state index in [0.29, 0.717) is 0 Å². The van der Waals surface area contributed by atoms with Gasteiger partial charge in [-0.25, -0.2) is 0 Å². The van der Waals surface area contributed by atoms with Crippen molar-refractivity contribution < 1.29 is 0 Å². The van der Waals surface area contributed by atoms with Crippen LogP contribution in [0.15, 0.2) is 42.0 Å². The van der Waals surface area contributed by atoms with Crippen LogP contribution in [0.1, 0.15) is 37.8 Å². The largest absolute Gasteiger partial charge is 0.0730 e. The fourth-order valence-electron chi connectivity index (χ4n) is 1.94. The molecule has 0 aliphatic heterocycles. The van der Waals surface area contributed by atoms with E-state index in [1.165, 1.54) is 35.1 Å². The molecule has 0 spiro atoms. The molecule has 1 aliphatic carbocycles. The standard InChI is InChI=1S/C15H18/c1-3-13-6-10-15(11-7-13)14-8-4-12(2)5-9-14/h4,6-8,10-11H,3,5,9H2,1-2H3. The third-order valence-corrected chi connectivity index (χ3v) is 3.09. The quantitative estimate of drug-likeness (QED) is 0.662. The van der Waals surface area contributed by atoms with E-state index in [0.717, 1.165) is 6.42 Å². The van der Waals surface area contributed by atoms with Crippen LogP contribution in [-0.4, -0.2) is 0 Å². The average molecular weight is 198 g/mol. The molecule has 0 unspecified atom stereocenters. The van der Waals surface area contributed by atoms with E-state index in [2.05, 4.69) is 50.3 Å². The van der Waals surface area contributed by atoms with Crippen molar-refractivity contribution in [3.8, 4) is 0 Å². The molecule has 0 aromatic heterocycles. The number of aryl methyl sites for hydroxylation is 1. The minimum Gasteiger partial charge on any atom is -0.0730 e. The highest BCUT2D eigenvalue weighted by Gasteiger charge is 2.05. The Bertz CT molecular complexity index is 391. The second kappa shape index (κ2) is 4.48. The molecule has 0 nitrogen and oxygen atoms in total. The van der Waals surface area contributed by atoms with Crippen LogP contribution >= 0.6 is 0 Å². The molecule has 0 fully saturated rings. The summed E-state index contributed by atoms with van der Waals surface area (Å²) in [7, 11) is 0. The zero-order valence-corrected chi connectivity index (χ0v) is 9.59. The van der Waals surface area contributed by atoms with Gasteiger partial charge in [0.25, 0.3) is 0 Å². The summed E-state index contributed by atoms with van der Waals surface area (Å²) >= 11 is 0. The van der Waals surface area contributed by atoms with Gasteiger partial charge in [-0.1, -0.05) is 48.9 Å². The lowest BCUT2D eigenvalue weighted by molar-refractivity contribution is 0.976. The molecule has 1 aromatic rings. The Labute approximate surface area is 92.3 Å². The average Bonchev–Trinajstić information content (AvgIpc) is 2.30. The lowest BCUT2D eigenvalue weighted by atomic mass is 9.93. The molecule has 0 N–H and O–H groups in total. The summed E-state index contributed by atoms with van der Waals surface area (Å²) < 4.78 is 0. The SMILES string of the molecule is CCc1ccc(C2=CC=C(C)CC2)cc1. The van der Waals surface area contributed by atoms with Gasteiger partial charge in [0.15, 0.2) is 0 Å². The minimum atomic E-state index is 1.12. The third kappa shape index (κ3) is 2.38. The Morgan fingerprint density at radius 1 is 1.00 bits per heavy atom. The molecule has 0 atom stereocenters. The van der Waals surface area contributed by atoms with Gasteiger partial charge in [0.2, 0.25) is 0 Å². The van der Waals surface area contributed by atoms with Crippen LogP contribution in [0, 0.1) is 0 Å². The van der Waals surface area contributed by atoms with Crippen molar-refractivity contribution in [2.75, 3.05) is 0 Å². The van der Waals surface area contributed by atoms with Crippen molar-refractivity contribution in [1.29, 1.82) is 0 Å². The van der Waals surface area contributed by atoms with Crippen LogP contribution in [0.5, 0.6) is 0 Å². The zero-order valence-electron chi connectivity index (χ0n) is 9.59. The molecule has 1 aromatic carbocycles. The second-order valence-corrected chi connectivity index (χ2v) is 4.26. The van der Waals surface area contributed by atoms with Gasteiger partial charge in [0.05, 0.1) is 0 Å². The smallest absolute Gasteiger partial charge is 0.0224 e. The van der Waals surface area contributed by atoms with Gasteiger partial charge < -0.3 is 0 Å². The molecule has 2 rings (SSSR count). The first kappa shape index (κ1) is 10.2. The summed E-state index contributed by atoms with van der Waals surface area (Å²) in [5.41, 5.74) is 5.77. The molecule has 1 aliphatic rings. The van der Waals surface area contributed by atoms with E-state index < -0.39 is 0 Å². The van der Waals surface area contributed by atoms with Gasteiger partial charge in [-0.05, 0) is 42.9 Å². The highest BCUT2D eigenvalue weighted by atomic mass is 14.1. The summed E-state index contributed by atoms with van der Waals surface area (Å²) in [5.74, 6) is 0. The van der Waals surface area contributed by atoms with Gasteiger partial charge in [-0.3, -0.25) is 0 Å². The number of allylic oxidation sites excluding steroid dienone is 4. The topological polar surface area (TPSA) is 0 Å². The fraction of sp³-hybridized carbons (Fsp3) is 0.333. The predicted octanol–water partition coefficient (Wildman–Crippen LogP) is 4.37. The highest BCUT2D eigenvalue weighted by Crippen LogP contribution is 2.26. The normalized spacial score (nSPS) is 15.9.